The molecule has 1 aliphatic carbocycles. The third kappa shape index (κ3) is 1.89. The van der Waals surface area contributed by atoms with Gasteiger partial charge >= 0.3 is 0 Å². The first-order valence-corrected chi connectivity index (χ1v) is 7.08. The van der Waals surface area contributed by atoms with Crippen LogP contribution >= 0.6 is 11.3 Å². The van der Waals surface area contributed by atoms with Gasteiger partial charge in [-0.25, -0.2) is 0 Å². The molecule has 1 aromatic heterocycles. The van der Waals surface area contributed by atoms with Crippen LogP contribution in [-0.2, 0) is 0 Å². The van der Waals surface area contributed by atoms with Crippen LogP contribution in [0.2, 0.25) is 0 Å². The van der Waals surface area contributed by atoms with Crippen molar-refractivity contribution in [2.75, 3.05) is 13.1 Å². The molecule has 17 heavy (non-hydrogen) atoms. The van der Waals surface area contributed by atoms with E-state index < -0.39 is 0 Å². The molecule has 2 aliphatic rings. The van der Waals surface area contributed by atoms with E-state index in [1.807, 2.05) is 24.0 Å². The van der Waals surface area contributed by atoms with Gasteiger partial charge in [0.25, 0.3) is 5.91 Å². The first-order chi connectivity index (χ1) is 8.15. The Bertz CT molecular complexity index is 442. The highest BCUT2D eigenvalue weighted by Crippen LogP contribution is 2.37. The number of thiophene rings is 1. The lowest BCUT2D eigenvalue weighted by molar-refractivity contribution is 0.0784. The molecule has 3 atom stereocenters. The van der Waals surface area contributed by atoms with Crippen molar-refractivity contribution in [3.05, 3.63) is 21.9 Å². The Kier molecular flexibility index (Phi) is 2.71. The minimum atomic E-state index is 0.199. The van der Waals surface area contributed by atoms with Gasteiger partial charge in [0.05, 0.1) is 4.88 Å². The van der Waals surface area contributed by atoms with E-state index in [4.69, 9.17) is 5.73 Å². The van der Waals surface area contributed by atoms with E-state index in [9.17, 15) is 4.79 Å². The molecule has 92 valence electrons. The Morgan fingerprint density at radius 1 is 1.41 bits per heavy atom. The van der Waals surface area contributed by atoms with Crippen LogP contribution in [0.1, 0.15) is 27.4 Å². The van der Waals surface area contributed by atoms with E-state index in [0.717, 1.165) is 24.4 Å². The van der Waals surface area contributed by atoms with Crippen LogP contribution in [0.4, 0.5) is 0 Å². The number of nitrogens with zero attached hydrogens (tertiary/aromatic N) is 1. The maximum absolute atomic E-state index is 12.3. The molecule has 0 radical (unpaired) electrons. The summed E-state index contributed by atoms with van der Waals surface area (Å²) in [5, 5.41) is 0. The number of rotatable bonds is 1. The Morgan fingerprint density at radius 3 is 2.88 bits per heavy atom. The van der Waals surface area contributed by atoms with Gasteiger partial charge in [0.2, 0.25) is 0 Å². The summed E-state index contributed by atoms with van der Waals surface area (Å²) >= 11 is 1.59. The predicted octanol–water partition coefficient (Wildman–Crippen LogP) is 1.87. The van der Waals surface area contributed by atoms with Crippen molar-refractivity contribution in [3.63, 3.8) is 0 Å². The highest BCUT2D eigenvalue weighted by molar-refractivity contribution is 7.13. The largest absolute Gasteiger partial charge is 0.337 e. The fourth-order valence-corrected chi connectivity index (χ4v) is 4.01. The average molecular weight is 250 g/mol. The van der Waals surface area contributed by atoms with Crippen molar-refractivity contribution in [3.8, 4) is 0 Å². The molecule has 1 saturated heterocycles. The summed E-state index contributed by atoms with van der Waals surface area (Å²) in [6.07, 6.45) is 2.33. The topological polar surface area (TPSA) is 46.3 Å². The number of nitrogens with two attached hydrogens (primary N) is 1. The lowest BCUT2D eigenvalue weighted by atomic mass is 9.98. The van der Waals surface area contributed by atoms with Gasteiger partial charge in [0.15, 0.2) is 0 Å². The van der Waals surface area contributed by atoms with Gasteiger partial charge in [0.1, 0.15) is 0 Å². The maximum Gasteiger partial charge on any atom is 0.263 e. The van der Waals surface area contributed by atoms with Crippen LogP contribution in [0, 0.1) is 18.8 Å². The number of aryl methyl sites for hydroxylation is 1. The standard InChI is InChI=1S/C13H18N2OS/c1-8-2-5-12(17-8)13(16)15-6-9-3-4-11(14)10(9)7-15/h2,5,9-11H,3-4,6-7,14H2,1H3/t9-,10+,11+/m0/s1. The number of likely N-dealkylation sites (tertiary alicyclic amines) is 1. The molecule has 3 rings (SSSR count). The number of hydrogen-bond acceptors (Lipinski definition) is 3. The molecule has 1 amide bonds. The van der Waals surface area contributed by atoms with E-state index >= 15 is 0 Å². The zero-order chi connectivity index (χ0) is 12.0. The summed E-state index contributed by atoms with van der Waals surface area (Å²) in [5.41, 5.74) is 6.09. The van der Waals surface area contributed by atoms with Gasteiger partial charge < -0.3 is 10.6 Å². The van der Waals surface area contributed by atoms with E-state index in [1.54, 1.807) is 11.3 Å². The summed E-state index contributed by atoms with van der Waals surface area (Å²) in [5.74, 6) is 1.39. The summed E-state index contributed by atoms with van der Waals surface area (Å²) < 4.78 is 0. The van der Waals surface area contributed by atoms with Crippen LogP contribution in [-0.4, -0.2) is 29.9 Å². The van der Waals surface area contributed by atoms with Crippen LogP contribution in [0.3, 0.4) is 0 Å². The van der Waals surface area contributed by atoms with Crippen LogP contribution in [0.15, 0.2) is 12.1 Å². The van der Waals surface area contributed by atoms with Gasteiger partial charge in [-0.15, -0.1) is 11.3 Å². The van der Waals surface area contributed by atoms with Gasteiger partial charge in [-0.2, -0.15) is 0 Å². The predicted molar refractivity (Wildman–Crippen MR) is 69.1 cm³/mol. The normalized spacial score (nSPS) is 31.9. The van der Waals surface area contributed by atoms with Gasteiger partial charge in [-0.3, -0.25) is 4.79 Å². The Morgan fingerprint density at radius 2 is 2.24 bits per heavy atom. The van der Waals surface area contributed by atoms with Crippen molar-refractivity contribution in [2.45, 2.75) is 25.8 Å². The van der Waals surface area contributed by atoms with Crippen LogP contribution in [0.5, 0.6) is 0 Å². The maximum atomic E-state index is 12.3. The van der Waals surface area contributed by atoms with E-state index in [2.05, 4.69) is 0 Å². The second kappa shape index (κ2) is 4.10. The Labute approximate surface area is 106 Å². The second-order valence-corrected chi connectivity index (χ2v) is 6.57. The van der Waals surface area contributed by atoms with Gasteiger partial charge in [0, 0.05) is 24.0 Å². The minimum Gasteiger partial charge on any atom is -0.337 e. The van der Waals surface area contributed by atoms with Crippen molar-refractivity contribution in [1.82, 2.24) is 4.90 Å². The number of carbonyl (C=O) groups is 1. The molecule has 0 aromatic carbocycles. The summed E-state index contributed by atoms with van der Waals surface area (Å²) in [7, 11) is 0. The second-order valence-electron chi connectivity index (χ2n) is 5.29. The first-order valence-electron chi connectivity index (χ1n) is 6.26. The molecule has 0 bridgehead atoms. The molecule has 1 aromatic rings. The van der Waals surface area contributed by atoms with Crippen LogP contribution in [0.25, 0.3) is 0 Å². The van der Waals surface area contributed by atoms with Gasteiger partial charge in [-0.05, 0) is 43.7 Å². The number of amides is 1. The molecule has 2 heterocycles. The van der Waals surface area contributed by atoms with Crippen molar-refractivity contribution in [1.29, 1.82) is 0 Å². The number of hydrogen-bond donors (Lipinski definition) is 1. The van der Waals surface area contributed by atoms with Crippen molar-refractivity contribution >= 4 is 17.2 Å². The molecule has 0 spiro atoms. The third-order valence-corrected chi connectivity index (χ3v) is 5.14. The summed E-state index contributed by atoms with van der Waals surface area (Å²) in [6, 6.07) is 4.26. The molecule has 2 N–H and O–H groups in total. The molecular formula is C13H18N2OS. The van der Waals surface area contributed by atoms with E-state index in [-0.39, 0.29) is 5.91 Å². The molecular weight excluding hydrogens is 232 g/mol. The Hall–Kier alpha value is -0.870. The number of fused-ring (bicyclic) bond motifs is 1. The summed E-state index contributed by atoms with van der Waals surface area (Å²) in [4.78, 5) is 16.4. The lowest BCUT2D eigenvalue weighted by Crippen LogP contribution is -2.33. The minimum absolute atomic E-state index is 0.199. The molecule has 1 saturated carbocycles. The Balaban J connectivity index is 1.73. The fraction of sp³-hybridized carbons (Fsp3) is 0.615. The van der Waals surface area contributed by atoms with E-state index in [1.165, 1.54) is 11.3 Å². The highest BCUT2D eigenvalue weighted by Gasteiger charge is 2.42. The first kappa shape index (κ1) is 11.2. The molecule has 3 nitrogen and oxygen atoms in total. The zero-order valence-electron chi connectivity index (χ0n) is 10.1. The quantitative estimate of drug-likeness (QED) is 0.827. The fourth-order valence-electron chi connectivity index (χ4n) is 3.18. The lowest BCUT2D eigenvalue weighted by Gasteiger charge is -2.17. The zero-order valence-corrected chi connectivity index (χ0v) is 10.9. The van der Waals surface area contributed by atoms with Crippen molar-refractivity contribution < 1.29 is 4.79 Å². The molecule has 1 aliphatic heterocycles. The third-order valence-electron chi connectivity index (χ3n) is 4.15. The molecule has 2 fully saturated rings. The number of carbonyl (C=O) groups excluding carboxylic acids is 1. The smallest absolute Gasteiger partial charge is 0.263 e. The van der Waals surface area contributed by atoms with Gasteiger partial charge in [-0.1, -0.05) is 0 Å². The monoisotopic (exact) mass is 250 g/mol. The molecule has 4 heteroatoms. The highest BCUT2D eigenvalue weighted by atomic mass is 32.1. The van der Waals surface area contributed by atoms with Crippen molar-refractivity contribution in [2.24, 2.45) is 17.6 Å². The SMILES string of the molecule is Cc1ccc(C(=O)N2C[C@@H]3CC[C@@H](N)[C@@H]3C2)s1. The molecule has 0 unspecified atom stereocenters. The van der Waals surface area contributed by atoms with Crippen LogP contribution < -0.4 is 5.73 Å². The average Bonchev–Trinajstić information content (AvgIpc) is 2.96. The van der Waals surface area contributed by atoms with E-state index in [0.29, 0.717) is 17.9 Å². The summed E-state index contributed by atoms with van der Waals surface area (Å²) in [6.45, 7) is 3.81.